The maximum Gasteiger partial charge on any atom is 0.412 e. The number of carbonyl (C=O) groups is 1. The number of hydrogen-bond donors (Lipinski definition) is 2. The third-order valence-corrected chi connectivity index (χ3v) is 3.09. The van der Waals surface area contributed by atoms with Gasteiger partial charge in [0.2, 0.25) is 0 Å². The van der Waals surface area contributed by atoms with Crippen molar-refractivity contribution >= 4 is 38.6 Å². The van der Waals surface area contributed by atoms with Gasteiger partial charge in [-0.25, -0.2) is 4.79 Å². The first-order valence-corrected chi connectivity index (χ1v) is 6.70. The van der Waals surface area contributed by atoms with E-state index in [0.29, 0.717) is 5.69 Å². The van der Waals surface area contributed by atoms with Crippen molar-refractivity contribution in [3.63, 3.8) is 0 Å². The average molecular weight is 326 g/mol. The molecule has 102 valence electrons. The second kappa shape index (κ2) is 4.85. The summed E-state index contributed by atoms with van der Waals surface area (Å²) in [6.45, 7) is 7.40. The summed E-state index contributed by atoms with van der Waals surface area (Å²) in [5.41, 5.74) is 1.90. The van der Waals surface area contributed by atoms with E-state index < -0.39 is 11.7 Å². The second-order valence-electron chi connectivity index (χ2n) is 5.35. The maximum absolute atomic E-state index is 11.8. The van der Waals surface area contributed by atoms with Crippen molar-refractivity contribution in [3.05, 3.63) is 22.3 Å². The van der Waals surface area contributed by atoms with Crippen LogP contribution in [0.15, 0.2) is 16.7 Å². The van der Waals surface area contributed by atoms with Gasteiger partial charge in [-0.05, 0) is 61.3 Å². The number of fused-ring (bicyclic) bond motifs is 1. The highest BCUT2D eigenvalue weighted by molar-refractivity contribution is 9.10. The molecule has 0 aliphatic rings. The Morgan fingerprint density at radius 2 is 2.11 bits per heavy atom. The SMILES string of the molecule is Cc1cc2c(Br)[nH]nc2cc1NC(=O)OC(C)(C)C. The minimum Gasteiger partial charge on any atom is -0.444 e. The third-order valence-electron chi connectivity index (χ3n) is 2.49. The third kappa shape index (κ3) is 3.26. The standard InChI is InChI=1S/C13H16BrN3O2/c1-7-5-8-10(16-17-11(8)14)6-9(7)15-12(18)19-13(2,3)4/h5-6H,1-4H3,(H,15,18)(H,16,17). The molecule has 0 bridgehead atoms. The van der Waals surface area contributed by atoms with Crippen molar-refractivity contribution in [1.82, 2.24) is 10.2 Å². The molecule has 2 aromatic rings. The molecule has 0 unspecified atom stereocenters. The Kier molecular flexibility index (Phi) is 3.54. The number of anilines is 1. The van der Waals surface area contributed by atoms with E-state index in [-0.39, 0.29) is 0 Å². The van der Waals surface area contributed by atoms with E-state index in [9.17, 15) is 4.79 Å². The summed E-state index contributed by atoms with van der Waals surface area (Å²) >= 11 is 3.39. The maximum atomic E-state index is 11.8. The van der Waals surface area contributed by atoms with E-state index in [1.165, 1.54) is 0 Å². The Hall–Kier alpha value is -1.56. The van der Waals surface area contributed by atoms with E-state index in [2.05, 4.69) is 31.4 Å². The molecule has 1 aromatic carbocycles. The van der Waals surface area contributed by atoms with Crippen LogP contribution in [-0.4, -0.2) is 21.9 Å². The van der Waals surface area contributed by atoms with Crippen molar-refractivity contribution < 1.29 is 9.53 Å². The van der Waals surface area contributed by atoms with E-state index >= 15 is 0 Å². The molecule has 0 saturated carbocycles. The summed E-state index contributed by atoms with van der Waals surface area (Å²) in [6.07, 6.45) is -0.468. The number of H-pyrrole nitrogens is 1. The number of amides is 1. The van der Waals surface area contributed by atoms with Crippen molar-refractivity contribution in [2.24, 2.45) is 0 Å². The molecule has 2 rings (SSSR count). The quantitative estimate of drug-likeness (QED) is 0.833. The highest BCUT2D eigenvalue weighted by Crippen LogP contribution is 2.27. The molecular weight excluding hydrogens is 310 g/mol. The fourth-order valence-corrected chi connectivity index (χ4v) is 2.09. The van der Waals surface area contributed by atoms with Gasteiger partial charge in [0.15, 0.2) is 0 Å². The molecule has 19 heavy (non-hydrogen) atoms. The number of rotatable bonds is 1. The van der Waals surface area contributed by atoms with Crippen LogP contribution in [0.3, 0.4) is 0 Å². The van der Waals surface area contributed by atoms with Gasteiger partial charge >= 0.3 is 6.09 Å². The molecule has 1 amide bonds. The molecular formula is C13H16BrN3O2. The number of aromatic amines is 1. The van der Waals surface area contributed by atoms with Gasteiger partial charge in [-0.1, -0.05) is 0 Å². The Morgan fingerprint density at radius 3 is 2.74 bits per heavy atom. The predicted octanol–water partition coefficient (Wildman–Crippen LogP) is 3.98. The normalized spacial score (nSPS) is 11.6. The smallest absolute Gasteiger partial charge is 0.412 e. The summed E-state index contributed by atoms with van der Waals surface area (Å²) in [6, 6.07) is 3.77. The van der Waals surface area contributed by atoms with Gasteiger partial charge in [-0.2, -0.15) is 5.10 Å². The van der Waals surface area contributed by atoms with Crippen LogP contribution in [0.4, 0.5) is 10.5 Å². The fourth-order valence-electron chi connectivity index (χ4n) is 1.68. The van der Waals surface area contributed by atoms with Crippen molar-refractivity contribution in [2.45, 2.75) is 33.3 Å². The number of nitrogens with one attached hydrogen (secondary N) is 2. The lowest BCUT2D eigenvalue weighted by Gasteiger charge is -2.20. The zero-order valence-electron chi connectivity index (χ0n) is 11.3. The molecule has 1 aromatic heterocycles. The number of nitrogens with zero attached hydrogens (tertiary/aromatic N) is 1. The first kappa shape index (κ1) is 13.9. The number of hydrogen-bond acceptors (Lipinski definition) is 3. The van der Waals surface area contributed by atoms with E-state index in [4.69, 9.17) is 4.74 Å². The number of halogens is 1. The molecule has 5 nitrogen and oxygen atoms in total. The largest absolute Gasteiger partial charge is 0.444 e. The molecule has 0 saturated heterocycles. The average Bonchev–Trinajstić information content (AvgIpc) is 2.58. The lowest BCUT2D eigenvalue weighted by Crippen LogP contribution is -2.27. The lowest BCUT2D eigenvalue weighted by molar-refractivity contribution is 0.0636. The summed E-state index contributed by atoms with van der Waals surface area (Å²) < 4.78 is 6.05. The molecule has 6 heteroatoms. The van der Waals surface area contributed by atoms with Crippen LogP contribution in [0.2, 0.25) is 0 Å². The topological polar surface area (TPSA) is 67.0 Å². The Morgan fingerprint density at radius 1 is 1.42 bits per heavy atom. The number of aryl methyl sites for hydroxylation is 1. The number of ether oxygens (including phenoxy) is 1. The fraction of sp³-hybridized carbons (Fsp3) is 0.385. The van der Waals surface area contributed by atoms with Crippen LogP contribution >= 0.6 is 15.9 Å². The summed E-state index contributed by atoms with van der Waals surface area (Å²) in [7, 11) is 0. The number of benzene rings is 1. The molecule has 0 aliphatic carbocycles. The monoisotopic (exact) mass is 325 g/mol. The Balaban J connectivity index is 2.26. The van der Waals surface area contributed by atoms with Gasteiger partial charge in [0.25, 0.3) is 0 Å². The van der Waals surface area contributed by atoms with Crippen molar-refractivity contribution in [3.8, 4) is 0 Å². The summed E-state index contributed by atoms with van der Waals surface area (Å²) in [4.78, 5) is 11.8. The first-order valence-electron chi connectivity index (χ1n) is 5.90. The number of aromatic nitrogens is 2. The van der Waals surface area contributed by atoms with Crippen LogP contribution in [0.5, 0.6) is 0 Å². The van der Waals surface area contributed by atoms with Crippen LogP contribution in [0.1, 0.15) is 26.3 Å². The second-order valence-corrected chi connectivity index (χ2v) is 6.14. The highest BCUT2D eigenvalue weighted by Gasteiger charge is 2.17. The van der Waals surface area contributed by atoms with Gasteiger partial charge < -0.3 is 4.74 Å². The van der Waals surface area contributed by atoms with Gasteiger partial charge in [0.1, 0.15) is 10.2 Å². The predicted molar refractivity (Wildman–Crippen MR) is 78.4 cm³/mol. The molecule has 1 heterocycles. The van der Waals surface area contributed by atoms with Crippen LogP contribution in [0, 0.1) is 6.92 Å². The molecule has 2 N–H and O–H groups in total. The molecule has 0 radical (unpaired) electrons. The summed E-state index contributed by atoms with van der Waals surface area (Å²) in [5, 5.41) is 10.7. The van der Waals surface area contributed by atoms with Gasteiger partial charge in [0, 0.05) is 11.1 Å². The molecule has 0 atom stereocenters. The zero-order valence-corrected chi connectivity index (χ0v) is 12.9. The number of carbonyl (C=O) groups excluding carboxylic acids is 1. The van der Waals surface area contributed by atoms with Crippen LogP contribution in [-0.2, 0) is 4.74 Å². The Bertz CT molecular complexity index is 629. The van der Waals surface area contributed by atoms with Gasteiger partial charge in [-0.3, -0.25) is 10.4 Å². The van der Waals surface area contributed by atoms with Gasteiger partial charge in [-0.15, -0.1) is 0 Å². The molecule has 0 fully saturated rings. The minimum absolute atomic E-state index is 0.468. The minimum atomic E-state index is -0.516. The van der Waals surface area contributed by atoms with E-state index in [1.807, 2.05) is 39.8 Å². The zero-order chi connectivity index (χ0) is 14.2. The van der Waals surface area contributed by atoms with Crippen LogP contribution < -0.4 is 5.32 Å². The van der Waals surface area contributed by atoms with Crippen LogP contribution in [0.25, 0.3) is 10.9 Å². The highest BCUT2D eigenvalue weighted by atomic mass is 79.9. The lowest BCUT2D eigenvalue weighted by atomic mass is 10.1. The molecule has 0 aliphatic heterocycles. The Labute approximate surface area is 119 Å². The van der Waals surface area contributed by atoms with Crippen molar-refractivity contribution in [1.29, 1.82) is 0 Å². The van der Waals surface area contributed by atoms with Crippen molar-refractivity contribution in [2.75, 3.05) is 5.32 Å². The van der Waals surface area contributed by atoms with E-state index in [1.54, 1.807) is 0 Å². The van der Waals surface area contributed by atoms with E-state index in [0.717, 1.165) is 21.1 Å². The molecule has 0 spiro atoms. The summed E-state index contributed by atoms with van der Waals surface area (Å²) in [5.74, 6) is 0. The first-order chi connectivity index (χ1) is 8.76. The van der Waals surface area contributed by atoms with Gasteiger partial charge in [0.05, 0.1) is 5.52 Å².